The number of nitrogens with zero attached hydrogens (tertiary/aromatic N) is 2. The van der Waals surface area contributed by atoms with Crippen molar-refractivity contribution >= 4 is 5.97 Å². The monoisotopic (exact) mass is 244 g/mol. The molecule has 102 valence electrons. The SMILES string of the molecule is CCCCOC(=O)CN(CC)C(C)CN(C)C. The van der Waals surface area contributed by atoms with E-state index in [0.717, 1.165) is 25.9 Å². The summed E-state index contributed by atoms with van der Waals surface area (Å²) >= 11 is 0. The Bertz CT molecular complexity index is 208. The topological polar surface area (TPSA) is 32.8 Å². The molecular formula is C13H28N2O2. The van der Waals surface area contributed by atoms with E-state index in [1.165, 1.54) is 0 Å². The minimum Gasteiger partial charge on any atom is -0.465 e. The van der Waals surface area contributed by atoms with Gasteiger partial charge in [-0.15, -0.1) is 0 Å². The van der Waals surface area contributed by atoms with Gasteiger partial charge in [0.05, 0.1) is 13.2 Å². The third-order valence-corrected chi connectivity index (χ3v) is 2.75. The normalized spacial score (nSPS) is 13.1. The van der Waals surface area contributed by atoms with Crippen LogP contribution in [-0.4, -0.2) is 62.1 Å². The Kier molecular flexibility index (Phi) is 9.09. The van der Waals surface area contributed by atoms with Gasteiger partial charge in [0.2, 0.25) is 0 Å². The summed E-state index contributed by atoms with van der Waals surface area (Å²) in [6, 6.07) is 0.369. The highest BCUT2D eigenvalue weighted by molar-refractivity contribution is 5.71. The molecule has 0 aliphatic carbocycles. The molecular weight excluding hydrogens is 216 g/mol. The summed E-state index contributed by atoms with van der Waals surface area (Å²) < 4.78 is 5.18. The third-order valence-electron chi connectivity index (χ3n) is 2.75. The van der Waals surface area contributed by atoms with Crippen molar-refractivity contribution < 1.29 is 9.53 Å². The number of unbranched alkanes of at least 4 members (excludes halogenated alkanes) is 1. The highest BCUT2D eigenvalue weighted by Crippen LogP contribution is 2.01. The van der Waals surface area contributed by atoms with Crippen LogP contribution in [0.15, 0.2) is 0 Å². The molecule has 4 heteroatoms. The number of carbonyl (C=O) groups excluding carboxylic acids is 1. The third kappa shape index (κ3) is 8.16. The lowest BCUT2D eigenvalue weighted by molar-refractivity contribution is -0.145. The average Bonchev–Trinajstić information content (AvgIpc) is 2.25. The van der Waals surface area contributed by atoms with Gasteiger partial charge in [0, 0.05) is 12.6 Å². The molecule has 4 nitrogen and oxygen atoms in total. The van der Waals surface area contributed by atoms with E-state index in [1.807, 2.05) is 14.1 Å². The minimum absolute atomic E-state index is 0.106. The first-order chi connectivity index (χ1) is 8.01. The van der Waals surface area contributed by atoms with Gasteiger partial charge in [0.25, 0.3) is 0 Å². The molecule has 0 bridgehead atoms. The van der Waals surface area contributed by atoms with Gasteiger partial charge in [-0.05, 0) is 34.0 Å². The van der Waals surface area contributed by atoms with Crippen molar-refractivity contribution in [3.63, 3.8) is 0 Å². The van der Waals surface area contributed by atoms with E-state index in [4.69, 9.17) is 4.74 Å². The second-order valence-corrected chi connectivity index (χ2v) is 4.75. The van der Waals surface area contributed by atoms with Crippen LogP contribution in [0, 0.1) is 0 Å². The number of carbonyl (C=O) groups is 1. The van der Waals surface area contributed by atoms with Crippen LogP contribution in [0.3, 0.4) is 0 Å². The first-order valence-corrected chi connectivity index (χ1v) is 6.55. The standard InChI is InChI=1S/C13H28N2O2/c1-6-8-9-17-13(16)11-15(7-2)12(3)10-14(4)5/h12H,6-11H2,1-5H3. The van der Waals surface area contributed by atoms with E-state index in [1.54, 1.807) is 0 Å². The first kappa shape index (κ1) is 16.4. The van der Waals surface area contributed by atoms with Gasteiger partial charge in [0.15, 0.2) is 0 Å². The van der Waals surface area contributed by atoms with Crippen molar-refractivity contribution in [1.29, 1.82) is 0 Å². The van der Waals surface area contributed by atoms with E-state index in [-0.39, 0.29) is 5.97 Å². The number of likely N-dealkylation sites (N-methyl/N-ethyl adjacent to an activating group) is 2. The highest BCUT2D eigenvalue weighted by atomic mass is 16.5. The zero-order chi connectivity index (χ0) is 13.3. The van der Waals surface area contributed by atoms with E-state index in [9.17, 15) is 4.79 Å². The van der Waals surface area contributed by atoms with Gasteiger partial charge in [-0.2, -0.15) is 0 Å². The summed E-state index contributed by atoms with van der Waals surface area (Å²) in [5.41, 5.74) is 0. The Morgan fingerprint density at radius 2 is 1.94 bits per heavy atom. The minimum atomic E-state index is -0.106. The molecule has 0 aromatic heterocycles. The maximum atomic E-state index is 11.6. The fraction of sp³-hybridized carbons (Fsp3) is 0.923. The molecule has 0 aromatic carbocycles. The van der Waals surface area contributed by atoms with Gasteiger partial charge in [0.1, 0.15) is 0 Å². The van der Waals surface area contributed by atoms with E-state index >= 15 is 0 Å². The van der Waals surface area contributed by atoms with Crippen molar-refractivity contribution in [2.75, 3.05) is 40.3 Å². The fourth-order valence-corrected chi connectivity index (χ4v) is 1.77. The summed E-state index contributed by atoms with van der Waals surface area (Å²) in [4.78, 5) is 15.9. The molecule has 17 heavy (non-hydrogen) atoms. The molecule has 0 radical (unpaired) electrons. The maximum absolute atomic E-state index is 11.6. The Labute approximate surface area is 106 Å². The smallest absolute Gasteiger partial charge is 0.320 e. The van der Waals surface area contributed by atoms with E-state index < -0.39 is 0 Å². The molecule has 0 aliphatic rings. The predicted octanol–water partition coefficient (Wildman–Crippen LogP) is 1.60. The molecule has 0 fully saturated rings. The van der Waals surface area contributed by atoms with Crippen molar-refractivity contribution in [2.45, 2.75) is 39.7 Å². The summed E-state index contributed by atoms with van der Waals surface area (Å²) in [5.74, 6) is -0.106. The van der Waals surface area contributed by atoms with Gasteiger partial charge in [-0.25, -0.2) is 0 Å². The average molecular weight is 244 g/mol. The first-order valence-electron chi connectivity index (χ1n) is 6.55. The molecule has 0 heterocycles. The van der Waals surface area contributed by atoms with Gasteiger partial charge >= 0.3 is 5.97 Å². The molecule has 0 saturated heterocycles. The summed E-state index contributed by atoms with van der Waals surface area (Å²) in [6.45, 7) is 9.08. The largest absolute Gasteiger partial charge is 0.465 e. The predicted molar refractivity (Wildman–Crippen MR) is 71.1 cm³/mol. The summed E-state index contributed by atoms with van der Waals surface area (Å²) in [6.07, 6.45) is 2.01. The summed E-state index contributed by atoms with van der Waals surface area (Å²) in [5, 5.41) is 0. The molecule has 1 atom stereocenters. The van der Waals surface area contributed by atoms with Gasteiger partial charge in [-0.1, -0.05) is 20.3 Å². The van der Waals surface area contributed by atoms with Crippen LogP contribution in [0.25, 0.3) is 0 Å². The Balaban J connectivity index is 3.98. The quantitative estimate of drug-likeness (QED) is 0.455. The van der Waals surface area contributed by atoms with Crippen molar-refractivity contribution in [2.24, 2.45) is 0 Å². The number of esters is 1. The lowest BCUT2D eigenvalue weighted by atomic mass is 10.2. The molecule has 0 spiro atoms. The van der Waals surface area contributed by atoms with Crippen LogP contribution in [0.2, 0.25) is 0 Å². The Morgan fingerprint density at radius 3 is 2.41 bits per heavy atom. The van der Waals surface area contributed by atoms with E-state index in [2.05, 4.69) is 30.6 Å². The van der Waals surface area contributed by atoms with Crippen LogP contribution in [-0.2, 0) is 9.53 Å². The number of hydrogen-bond donors (Lipinski definition) is 0. The lowest BCUT2D eigenvalue weighted by Gasteiger charge is -2.28. The number of rotatable bonds is 9. The fourth-order valence-electron chi connectivity index (χ4n) is 1.77. The molecule has 0 rings (SSSR count). The zero-order valence-electron chi connectivity index (χ0n) is 12.0. The Hall–Kier alpha value is -0.610. The van der Waals surface area contributed by atoms with Crippen molar-refractivity contribution in [1.82, 2.24) is 9.80 Å². The summed E-state index contributed by atoms with van der Waals surface area (Å²) in [7, 11) is 4.09. The number of hydrogen-bond acceptors (Lipinski definition) is 4. The second-order valence-electron chi connectivity index (χ2n) is 4.75. The molecule has 0 saturated carbocycles. The van der Waals surface area contributed by atoms with Crippen LogP contribution in [0.4, 0.5) is 0 Å². The van der Waals surface area contributed by atoms with Crippen LogP contribution < -0.4 is 0 Å². The highest BCUT2D eigenvalue weighted by Gasteiger charge is 2.16. The molecule has 1 unspecified atom stereocenters. The molecule has 0 aliphatic heterocycles. The van der Waals surface area contributed by atoms with E-state index in [0.29, 0.717) is 19.2 Å². The maximum Gasteiger partial charge on any atom is 0.320 e. The van der Waals surface area contributed by atoms with Gasteiger partial charge in [-0.3, -0.25) is 9.69 Å². The van der Waals surface area contributed by atoms with Crippen molar-refractivity contribution in [3.05, 3.63) is 0 Å². The van der Waals surface area contributed by atoms with Crippen molar-refractivity contribution in [3.8, 4) is 0 Å². The number of ether oxygens (including phenoxy) is 1. The van der Waals surface area contributed by atoms with Crippen LogP contribution in [0.1, 0.15) is 33.6 Å². The molecule has 0 N–H and O–H groups in total. The van der Waals surface area contributed by atoms with Crippen LogP contribution in [0.5, 0.6) is 0 Å². The molecule has 0 amide bonds. The van der Waals surface area contributed by atoms with Crippen LogP contribution >= 0.6 is 0 Å². The lowest BCUT2D eigenvalue weighted by Crippen LogP contribution is -2.43. The second kappa shape index (κ2) is 9.42. The Morgan fingerprint density at radius 1 is 1.29 bits per heavy atom. The molecule has 0 aromatic rings. The van der Waals surface area contributed by atoms with Gasteiger partial charge < -0.3 is 9.64 Å². The zero-order valence-corrected chi connectivity index (χ0v) is 12.0.